The minimum absolute atomic E-state index is 0.0483. The number of aromatic nitrogens is 3. The number of amides is 1. The molecule has 114 valence electrons. The molecule has 1 aromatic carbocycles. The van der Waals surface area contributed by atoms with E-state index in [9.17, 15) is 18.8 Å². The predicted molar refractivity (Wildman–Crippen MR) is 78.3 cm³/mol. The van der Waals surface area contributed by atoms with Crippen LogP contribution >= 0.6 is 11.8 Å². The molecule has 0 aliphatic carbocycles. The molecule has 1 amide bonds. The maximum atomic E-state index is 13.3. The van der Waals surface area contributed by atoms with Crippen molar-refractivity contribution in [1.82, 2.24) is 20.6 Å². The fraction of sp³-hybridized carbons (Fsp3) is 0.0833. The zero-order valence-electron chi connectivity index (χ0n) is 11.0. The number of hydrogen-bond acceptors (Lipinski definition) is 6. The average Bonchev–Trinajstić information content (AvgIpc) is 2.48. The largest absolute Gasteiger partial charge is 0.342 e. The Hall–Kier alpha value is -2.75. The minimum Gasteiger partial charge on any atom is -0.272 e. The summed E-state index contributed by atoms with van der Waals surface area (Å²) in [4.78, 5) is 35.6. The maximum absolute atomic E-state index is 13.3. The molecule has 0 aliphatic rings. The monoisotopic (exact) mass is 323 g/mol. The molecular formula is C12H10FN5O3S. The standard InChI is InChI=1S/C12H10FN5O3S/c13-8-4-2-1-3-7(8)5-14-16-9(19)6-22-11-10(20)15-12(21)18-17-11/h1-5H,6H2,(H,16,19)(H2,15,18,20,21)/b14-5-. The number of aromatic amines is 2. The van der Waals surface area contributed by atoms with Crippen LogP contribution in [0.25, 0.3) is 0 Å². The zero-order chi connectivity index (χ0) is 15.9. The SMILES string of the molecule is O=C(CSc1n[nH]c(=O)[nH]c1=O)N/N=C\c1ccccc1F. The summed E-state index contributed by atoms with van der Waals surface area (Å²) in [6.07, 6.45) is 1.17. The van der Waals surface area contributed by atoms with Gasteiger partial charge in [-0.15, -0.1) is 0 Å². The lowest BCUT2D eigenvalue weighted by Crippen LogP contribution is -2.26. The Labute approximate surface area is 126 Å². The van der Waals surface area contributed by atoms with Crippen LogP contribution in [0.4, 0.5) is 4.39 Å². The van der Waals surface area contributed by atoms with Crippen LogP contribution in [0.5, 0.6) is 0 Å². The van der Waals surface area contributed by atoms with Crippen molar-refractivity contribution in [2.45, 2.75) is 5.03 Å². The van der Waals surface area contributed by atoms with Gasteiger partial charge in [-0.1, -0.05) is 30.0 Å². The minimum atomic E-state index is -0.728. The number of carbonyl (C=O) groups excluding carboxylic acids is 1. The highest BCUT2D eigenvalue weighted by molar-refractivity contribution is 7.99. The Morgan fingerprint density at radius 1 is 1.41 bits per heavy atom. The topological polar surface area (TPSA) is 120 Å². The Morgan fingerprint density at radius 3 is 2.91 bits per heavy atom. The van der Waals surface area contributed by atoms with E-state index in [1.807, 2.05) is 4.98 Å². The lowest BCUT2D eigenvalue weighted by Gasteiger charge is -1.99. The van der Waals surface area contributed by atoms with Crippen molar-refractivity contribution in [3.8, 4) is 0 Å². The highest BCUT2D eigenvalue weighted by Crippen LogP contribution is 2.07. The van der Waals surface area contributed by atoms with E-state index >= 15 is 0 Å². The molecule has 2 rings (SSSR count). The third kappa shape index (κ3) is 4.38. The summed E-state index contributed by atoms with van der Waals surface area (Å²) >= 11 is 0.828. The van der Waals surface area contributed by atoms with E-state index in [0.29, 0.717) is 0 Å². The summed E-state index contributed by atoms with van der Waals surface area (Å²) in [5, 5.41) is 9.11. The molecule has 3 N–H and O–H groups in total. The van der Waals surface area contributed by atoms with E-state index < -0.39 is 23.0 Å². The van der Waals surface area contributed by atoms with Crippen LogP contribution < -0.4 is 16.7 Å². The van der Waals surface area contributed by atoms with Crippen molar-refractivity contribution in [2.24, 2.45) is 5.10 Å². The molecule has 0 unspecified atom stereocenters. The number of hydrazone groups is 1. The normalized spacial score (nSPS) is 10.8. The van der Waals surface area contributed by atoms with E-state index in [2.05, 4.69) is 20.7 Å². The number of carbonyl (C=O) groups is 1. The van der Waals surface area contributed by atoms with Gasteiger partial charge in [0.1, 0.15) is 5.82 Å². The summed E-state index contributed by atoms with van der Waals surface area (Å²) < 4.78 is 13.3. The zero-order valence-corrected chi connectivity index (χ0v) is 11.8. The molecule has 0 spiro atoms. The quantitative estimate of drug-likeness (QED) is 0.401. The number of halogens is 1. The van der Waals surface area contributed by atoms with Gasteiger partial charge in [0, 0.05) is 5.56 Å². The molecule has 8 nitrogen and oxygen atoms in total. The van der Waals surface area contributed by atoms with Crippen molar-refractivity contribution >= 4 is 23.9 Å². The second-order valence-corrected chi connectivity index (χ2v) is 4.88. The molecule has 1 heterocycles. The molecule has 0 atom stereocenters. The fourth-order valence-corrected chi connectivity index (χ4v) is 1.98. The van der Waals surface area contributed by atoms with Crippen LogP contribution in [0.3, 0.4) is 0 Å². The van der Waals surface area contributed by atoms with Gasteiger partial charge in [-0.2, -0.15) is 10.2 Å². The number of H-pyrrole nitrogens is 2. The van der Waals surface area contributed by atoms with Gasteiger partial charge in [0.05, 0.1) is 12.0 Å². The highest BCUT2D eigenvalue weighted by atomic mass is 32.2. The molecule has 0 fully saturated rings. The Kier molecular flexibility index (Phi) is 5.20. The van der Waals surface area contributed by atoms with E-state index in [4.69, 9.17) is 0 Å². The lowest BCUT2D eigenvalue weighted by atomic mass is 10.2. The summed E-state index contributed by atoms with van der Waals surface area (Å²) in [7, 11) is 0. The molecule has 0 aliphatic heterocycles. The summed E-state index contributed by atoms with van der Waals surface area (Å²) in [6, 6.07) is 5.95. The van der Waals surface area contributed by atoms with Crippen LogP contribution in [0.1, 0.15) is 5.56 Å². The first-order valence-electron chi connectivity index (χ1n) is 5.94. The smallest absolute Gasteiger partial charge is 0.272 e. The third-order valence-corrected chi connectivity index (χ3v) is 3.28. The van der Waals surface area contributed by atoms with Gasteiger partial charge >= 0.3 is 5.69 Å². The second kappa shape index (κ2) is 7.31. The first-order chi connectivity index (χ1) is 10.6. The Morgan fingerprint density at radius 2 is 2.18 bits per heavy atom. The lowest BCUT2D eigenvalue weighted by molar-refractivity contribution is -0.118. The Balaban J connectivity index is 1.87. The Bertz CT molecular complexity index is 817. The number of benzene rings is 1. The number of hydrogen-bond donors (Lipinski definition) is 3. The van der Waals surface area contributed by atoms with E-state index in [1.165, 1.54) is 24.4 Å². The van der Waals surface area contributed by atoms with Gasteiger partial charge in [-0.05, 0) is 6.07 Å². The van der Waals surface area contributed by atoms with Crippen LogP contribution in [-0.2, 0) is 4.79 Å². The maximum Gasteiger partial charge on any atom is 0.342 e. The van der Waals surface area contributed by atoms with Crippen molar-refractivity contribution in [3.63, 3.8) is 0 Å². The van der Waals surface area contributed by atoms with Gasteiger partial charge in [-0.25, -0.2) is 19.7 Å². The average molecular weight is 323 g/mol. The number of thioether (sulfide) groups is 1. The molecule has 2 aromatic rings. The molecular weight excluding hydrogens is 313 g/mol. The summed E-state index contributed by atoms with van der Waals surface area (Å²) in [6.45, 7) is 0. The van der Waals surface area contributed by atoms with E-state index in [-0.39, 0.29) is 16.3 Å². The van der Waals surface area contributed by atoms with Crippen molar-refractivity contribution in [1.29, 1.82) is 0 Å². The van der Waals surface area contributed by atoms with Gasteiger partial charge in [0.15, 0.2) is 5.03 Å². The molecule has 1 aromatic heterocycles. The van der Waals surface area contributed by atoms with Crippen LogP contribution in [0.2, 0.25) is 0 Å². The molecule has 0 saturated heterocycles. The number of nitrogens with zero attached hydrogens (tertiary/aromatic N) is 2. The predicted octanol–water partition coefficient (Wildman–Crippen LogP) is -0.160. The van der Waals surface area contributed by atoms with Crippen molar-refractivity contribution in [3.05, 3.63) is 56.5 Å². The van der Waals surface area contributed by atoms with E-state index in [0.717, 1.165) is 11.8 Å². The van der Waals surface area contributed by atoms with Crippen LogP contribution in [0.15, 0.2) is 44.0 Å². The number of nitrogens with one attached hydrogen (secondary N) is 3. The molecule has 0 saturated carbocycles. The van der Waals surface area contributed by atoms with Crippen molar-refractivity contribution in [2.75, 3.05) is 5.75 Å². The molecule has 22 heavy (non-hydrogen) atoms. The first-order valence-corrected chi connectivity index (χ1v) is 6.93. The van der Waals surface area contributed by atoms with Crippen LogP contribution in [-0.4, -0.2) is 33.1 Å². The summed E-state index contributed by atoms with van der Waals surface area (Å²) in [5.74, 6) is -1.11. The van der Waals surface area contributed by atoms with Gasteiger partial charge in [0.25, 0.3) is 5.56 Å². The molecule has 10 heteroatoms. The van der Waals surface area contributed by atoms with Gasteiger partial charge in [0.2, 0.25) is 5.91 Å². The fourth-order valence-electron chi connectivity index (χ4n) is 1.35. The van der Waals surface area contributed by atoms with E-state index in [1.54, 1.807) is 6.07 Å². The first kappa shape index (κ1) is 15.6. The third-order valence-electron chi connectivity index (χ3n) is 2.32. The number of rotatable bonds is 5. The van der Waals surface area contributed by atoms with Gasteiger partial charge < -0.3 is 0 Å². The van der Waals surface area contributed by atoms with Crippen molar-refractivity contribution < 1.29 is 9.18 Å². The molecule has 0 radical (unpaired) electrons. The van der Waals surface area contributed by atoms with Gasteiger partial charge in [-0.3, -0.25) is 14.6 Å². The molecule has 0 bridgehead atoms. The van der Waals surface area contributed by atoms with Crippen LogP contribution in [0, 0.1) is 5.82 Å². The second-order valence-electron chi connectivity index (χ2n) is 3.92. The highest BCUT2D eigenvalue weighted by Gasteiger charge is 2.07. The summed E-state index contributed by atoms with van der Waals surface area (Å²) in [5.41, 5.74) is 1.01.